The number of hydrogen-bond acceptors (Lipinski definition) is 5. The van der Waals surface area contributed by atoms with E-state index in [9.17, 15) is 0 Å². The average Bonchev–Trinajstić information content (AvgIpc) is 3.97. The van der Waals surface area contributed by atoms with Crippen molar-refractivity contribution in [3.8, 4) is 67.5 Å². The lowest BCUT2D eigenvalue weighted by molar-refractivity contribution is 0.669. The van der Waals surface area contributed by atoms with E-state index >= 15 is 0 Å². The van der Waals surface area contributed by atoms with Crippen molar-refractivity contribution in [2.45, 2.75) is 0 Å². The van der Waals surface area contributed by atoms with Gasteiger partial charge in [-0.1, -0.05) is 145 Å². The van der Waals surface area contributed by atoms with Crippen LogP contribution in [0.3, 0.4) is 0 Å². The molecule has 264 valence electrons. The first-order valence-electron chi connectivity index (χ1n) is 19.0. The van der Waals surface area contributed by atoms with Gasteiger partial charge in [-0.15, -0.1) is 11.3 Å². The topological polar surface area (TPSA) is 51.8 Å². The van der Waals surface area contributed by atoms with E-state index in [-0.39, 0.29) is 0 Å². The molecule has 57 heavy (non-hydrogen) atoms. The summed E-state index contributed by atoms with van der Waals surface area (Å²) in [6.45, 7) is 0. The zero-order chi connectivity index (χ0) is 37.5. The van der Waals surface area contributed by atoms with E-state index in [0.29, 0.717) is 27.0 Å². The second-order valence-electron chi connectivity index (χ2n) is 14.4. The highest BCUT2D eigenvalue weighted by Crippen LogP contribution is 2.47. The Labute approximate surface area is 334 Å². The number of thiophene rings is 1. The van der Waals surface area contributed by atoms with Crippen LogP contribution in [0.5, 0.6) is 0 Å². The molecular formula is C51H29N3OSSi. The van der Waals surface area contributed by atoms with E-state index < -0.39 is 0 Å². The molecule has 2 radical (unpaired) electrons. The van der Waals surface area contributed by atoms with Crippen molar-refractivity contribution in [2.24, 2.45) is 0 Å². The van der Waals surface area contributed by atoms with E-state index in [2.05, 4.69) is 158 Å². The lowest BCUT2D eigenvalue weighted by atomic mass is 9.92. The molecule has 0 saturated carbocycles. The Morgan fingerprint density at radius 2 is 1.04 bits per heavy atom. The molecule has 4 heterocycles. The maximum atomic E-state index is 6.56. The molecule has 0 fully saturated rings. The van der Waals surface area contributed by atoms with E-state index in [4.69, 9.17) is 19.4 Å². The maximum absolute atomic E-state index is 6.56. The Balaban J connectivity index is 1.16. The molecule has 0 amide bonds. The van der Waals surface area contributed by atoms with Gasteiger partial charge in [-0.3, -0.25) is 0 Å². The first kappa shape index (κ1) is 32.3. The van der Waals surface area contributed by atoms with Gasteiger partial charge in [0.05, 0.1) is 0 Å². The van der Waals surface area contributed by atoms with Crippen LogP contribution in [0.4, 0.5) is 0 Å². The van der Waals surface area contributed by atoms with Crippen LogP contribution in [0.2, 0.25) is 0 Å². The average molecular weight is 760 g/mol. The molecule has 3 aromatic heterocycles. The van der Waals surface area contributed by atoms with E-state index in [1.807, 2.05) is 29.5 Å². The molecule has 6 heteroatoms. The number of fused-ring (bicyclic) bond motifs is 9. The van der Waals surface area contributed by atoms with E-state index in [0.717, 1.165) is 60.9 Å². The fourth-order valence-electron chi connectivity index (χ4n) is 8.48. The first-order chi connectivity index (χ1) is 28.2. The second-order valence-corrected chi connectivity index (χ2v) is 16.8. The molecule has 0 bridgehead atoms. The number of nitrogens with zero attached hydrogens (tertiary/aromatic N) is 3. The highest BCUT2D eigenvalue weighted by Gasteiger charge is 2.25. The SMILES string of the molecule is c1ccc(-c2cccc(-c3nc(-c4ccc5c(c4)[Si]c4ccccc4-5)nc(-c4c(-c5cccc6sc7ccccc7c56)ccc5oc6ccccc6c45)n3)c2)cc1. The third-order valence-electron chi connectivity index (χ3n) is 11.1. The molecule has 0 spiro atoms. The van der Waals surface area contributed by atoms with Crippen molar-refractivity contribution < 1.29 is 4.42 Å². The van der Waals surface area contributed by atoms with Gasteiger partial charge < -0.3 is 4.42 Å². The quantitative estimate of drug-likeness (QED) is 0.164. The molecule has 0 N–H and O–H groups in total. The minimum absolute atomic E-state index is 0.577. The third kappa shape index (κ3) is 5.22. The number of para-hydroxylation sites is 1. The molecule has 4 nitrogen and oxygen atoms in total. The van der Waals surface area contributed by atoms with Crippen LogP contribution in [0.1, 0.15) is 0 Å². The largest absolute Gasteiger partial charge is 0.456 e. The van der Waals surface area contributed by atoms with Crippen molar-refractivity contribution in [1.82, 2.24) is 15.0 Å². The summed E-state index contributed by atoms with van der Waals surface area (Å²) >= 11 is 1.83. The fraction of sp³-hybridized carbons (Fsp3) is 0. The van der Waals surface area contributed by atoms with Crippen LogP contribution in [0.15, 0.2) is 180 Å². The minimum atomic E-state index is 0.577. The van der Waals surface area contributed by atoms with Gasteiger partial charge in [-0.25, -0.2) is 15.0 Å². The molecule has 1 aliphatic rings. The Hall–Kier alpha value is -6.99. The summed E-state index contributed by atoms with van der Waals surface area (Å²) in [7, 11) is 0.577. The maximum Gasteiger partial charge on any atom is 0.165 e. The zero-order valence-electron chi connectivity index (χ0n) is 30.4. The number of hydrogen-bond donors (Lipinski definition) is 0. The van der Waals surface area contributed by atoms with Gasteiger partial charge in [0, 0.05) is 47.6 Å². The normalized spacial score (nSPS) is 12.1. The monoisotopic (exact) mass is 759 g/mol. The predicted molar refractivity (Wildman–Crippen MR) is 238 cm³/mol. The molecule has 0 saturated heterocycles. The van der Waals surface area contributed by atoms with Gasteiger partial charge in [-0.05, 0) is 75.0 Å². The highest BCUT2D eigenvalue weighted by atomic mass is 32.1. The van der Waals surface area contributed by atoms with Gasteiger partial charge in [-0.2, -0.15) is 0 Å². The van der Waals surface area contributed by atoms with Crippen molar-refractivity contribution >= 4 is 73.3 Å². The summed E-state index contributed by atoms with van der Waals surface area (Å²) < 4.78 is 9.06. The number of benzene rings is 8. The summed E-state index contributed by atoms with van der Waals surface area (Å²) in [5.41, 5.74) is 11.5. The van der Waals surface area contributed by atoms with Crippen molar-refractivity contribution in [1.29, 1.82) is 0 Å². The van der Waals surface area contributed by atoms with Crippen LogP contribution >= 0.6 is 11.3 Å². The van der Waals surface area contributed by atoms with Gasteiger partial charge in [0.1, 0.15) is 20.7 Å². The second kappa shape index (κ2) is 12.8. The highest BCUT2D eigenvalue weighted by molar-refractivity contribution is 7.25. The summed E-state index contributed by atoms with van der Waals surface area (Å²) in [5.74, 6) is 1.86. The van der Waals surface area contributed by atoms with Crippen molar-refractivity contribution in [3.05, 3.63) is 176 Å². The number of furan rings is 1. The third-order valence-corrected chi connectivity index (χ3v) is 13.6. The summed E-state index contributed by atoms with van der Waals surface area (Å²) in [5, 5.41) is 7.17. The van der Waals surface area contributed by atoms with Crippen LogP contribution in [0, 0.1) is 0 Å². The molecule has 12 rings (SSSR count). The summed E-state index contributed by atoms with van der Waals surface area (Å²) in [6.07, 6.45) is 0. The van der Waals surface area contributed by atoms with Gasteiger partial charge >= 0.3 is 0 Å². The van der Waals surface area contributed by atoms with E-state index in [1.54, 1.807) is 0 Å². The Bertz CT molecular complexity index is 3400. The predicted octanol–water partition coefficient (Wildman–Crippen LogP) is 12.1. The van der Waals surface area contributed by atoms with E-state index in [1.165, 1.54) is 41.7 Å². The Morgan fingerprint density at radius 3 is 1.95 bits per heavy atom. The smallest absolute Gasteiger partial charge is 0.165 e. The van der Waals surface area contributed by atoms with Crippen LogP contribution in [0.25, 0.3) is 110 Å². The van der Waals surface area contributed by atoms with Gasteiger partial charge in [0.25, 0.3) is 0 Å². The summed E-state index contributed by atoms with van der Waals surface area (Å²) in [6, 6.07) is 62.3. The number of rotatable bonds is 5. The first-order valence-corrected chi connectivity index (χ1v) is 20.8. The summed E-state index contributed by atoms with van der Waals surface area (Å²) in [4.78, 5) is 16.2. The molecule has 11 aromatic rings. The molecule has 0 unspecified atom stereocenters. The molecule has 0 atom stereocenters. The van der Waals surface area contributed by atoms with Crippen molar-refractivity contribution in [3.63, 3.8) is 0 Å². The molecule has 0 aliphatic carbocycles. The molecule has 8 aromatic carbocycles. The standard InChI is InChI=1S/C51H29N3OSSi/c1-2-12-30(13-3-1)31-14-10-15-32(28-31)49-52-50(33-24-25-35-34-16-6-9-23-44(34)57-45(35)29-33)54-51(53-49)48-37(26-27-41-47(48)38-17-4-7-20-40(38)55-41)36-19-11-22-43-46(36)39-18-5-8-21-42(39)56-43/h1-29H. The van der Waals surface area contributed by atoms with Crippen LogP contribution < -0.4 is 10.4 Å². The van der Waals surface area contributed by atoms with Gasteiger partial charge in [0.15, 0.2) is 17.5 Å². The van der Waals surface area contributed by atoms with Crippen LogP contribution in [-0.2, 0) is 0 Å². The Morgan fingerprint density at radius 1 is 0.386 bits per heavy atom. The number of aromatic nitrogens is 3. The fourth-order valence-corrected chi connectivity index (χ4v) is 11.0. The van der Waals surface area contributed by atoms with Gasteiger partial charge in [0.2, 0.25) is 0 Å². The minimum Gasteiger partial charge on any atom is -0.456 e. The Kier molecular flexibility index (Phi) is 7.24. The molecular weight excluding hydrogens is 731 g/mol. The lowest BCUT2D eigenvalue weighted by Gasteiger charge is -2.15. The zero-order valence-corrected chi connectivity index (χ0v) is 32.2. The van der Waals surface area contributed by atoms with Crippen LogP contribution in [-0.4, -0.2) is 24.5 Å². The molecule has 1 aliphatic heterocycles. The van der Waals surface area contributed by atoms with Crippen molar-refractivity contribution in [2.75, 3.05) is 0 Å². The lowest BCUT2D eigenvalue weighted by Crippen LogP contribution is -2.20.